The summed E-state index contributed by atoms with van der Waals surface area (Å²) in [6.45, 7) is 4.81. The third-order valence-electron chi connectivity index (χ3n) is 3.68. The third kappa shape index (κ3) is 9.29. The van der Waals surface area contributed by atoms with Gasteiger partial charge in [-0.25, -0.2) is 0 Å². The molecule has 0 aromatic rings. The Morgan fingerprint density at radius 3 is 2.48 bits per heavy atom. The van der Waals surface area contributed by atoms with Gasteiger partial charge in [0.15, 0.2) is 0 Å². The van der Waals surface area contributed by atoms with E-state index in [1.165, 1.54) is 0 Å². The first-order valence-electron chi connectivity index (χ1n) is 7.49. The predicted octanol–water partition coefficient (Wildman–Crippen LogP) is 1.59. The monoisotopic (exact) mass is 312 g/mol. The van der Waals surface area contributed by atoms with E-state index in [4.69, 9.17) is 0 Å². The normalized spacial score (nSPS) is 20.1. The summed E-state index contributed by atoms with van der Waals surface area (Å²) in [6, 6.07) is 0. The maximum atomic E-state index is 11.9. The highest BCUT2D eigenvalue weighted by Crippen LogP contribution is 2.18. The Balaban J connectivity index is 2.09. The van der Waals surface area contributed by atoms with Gasteiger partial charge in [-0.1, -0.05) is 0 Å². The van der Waals surface area contributed by atoms with Gasteiger partial charge in [-0.2, -0.15) is 13.2 Å². The summed E-state index contributed by atoms with van der Waals surface area (Å²) in [7, 11) is 1.92. The van der Waals surface area contributed by atoms with Crippen LogP contribution in [0, 0.1) is 5.92 Å². The number of likely N-dealkylation sites (tertiary alicyclic amines) is 1. The van der Waals surface area contributed by atoms with Gasteiger partial charge in [0.2, 0.25) is 0 Å². The molecule has 1 saturated heterocycles. The second-order valence-corrected chi connectivity index (χ2v) is 6.02. The molecule has 4 nitrogen and oxygen atoms in total. The number of aliphatic hydroxyl groups excluding tert-OH is 1. The average Bonchev–Trinajstić information content (AvgIpc) is 2.35. The Kier molecular flexibility index (Phi) is 7.94. The van der Waals surface area contributed by atoms with E-state index in [9.17, 15) is 18.3 Å². The maximum Gasteiger partial charge on any atom is 0.411 e. The topological polar surface area (TPSA) is 35.9 Å². The SMILES string of the molecule is C[C@@H](O)CN1CCC(CN(C)CCOCC(F)(F)F)CC1. The molecule has 1 heterocycles. The van der Waals surface area contributed by atoms with Crippen molar-refractivity contribution in [2.24, 2.45) is 5.92 Å². The number of β-amino-alcohol motifs (C(OH)–C–C–N with tert-alkyl or cyclic N) is 1. The first-order valence-corrected chi connectivity index (χ1v) is 7.49. The van der Waals surface area contributed by atoms with Gasteiger partial charge in [0.1, 0.15) is 6.61 Å². The molecule has 0 saturated carbocycles. The molecule has 1 atom stereocenters. The average molecular weight is 312 g/mol. The van der Waals surface area contributed by atoms with E-state index in [-0.39, 0.29) is 12.7 Å². The maximum absolute atomic E-state index is 11.9. The Labute approximate surface area is 124 Å². The minimum Gasteiger partial charge on any atom is -0.392 e. The fourth-order valence-electron chi connectivity index (χ4n) is 2.67. The van der Waals surface area contributed by atoms with Crippen molar-refractivity contribution in [3.8, 4) is 0 Å². The molecule has 1 aliphatic rings. The van der Waals surface area contributed by atoms with E-state index >= 15 is 0 Å². The van der Waals surface area contributed by atoms with E-state index in [0.717, 1.165) is 32.5 Å². The zero-order valence-corrected chi connectivity index (χ0v) is 12.9. The molecule has 0 aromatic carbocycles. The molecule has 1 N–H and O–H groups in total. The van der Waals surface area contributed by atoms with Crippen LogP contribution in [0.5, 0.6) is 0 Å². The number of alkyl halides is 3. The molecule has 0 aliphatic carbocycles. The highest BCUT2D eigenvalue weighted by Gasteiger charge is 2.27. The fraction of sp³-hybridized carbons (Fsp3) is 1.00. The van der Waals surface area contributed by atoms with Gasteiger partial charge >= 0.3 is 6.18 Å². The molecule has 126 valence electrons. The van der Waals surface area contributed by atoms with Crippen LogP contribution in [0.3, 0.4) is 0 Å². The third-order valence-corrected chi connectivity index (χ3v) is 3.68. The highest BCUT2D eigenvalue weighted by atomic mass is 19.4. The van der Waals surface area contributed by atoms with Gasteiger partial charge in [0, 0.05) is 19.6 Å². The number of aliphatic hydroxyl groups is 1. The predicted molar refractivity (Wildman–Crippen MR) is 75.2 cm³/mol. The molecule has 7 heteroatoms. The van der Waals surface area contributed by atoms with Gasteiger partial charge in [-0.05, 0) is 45.8 Å². The molecule has 0 aromatic heterocycles. The Hall–Kier alpha value is -0.370. The number of piperidine rings is 1. The molecule has 0 unspecified atom stereocenters. The van der Waals surface area contributed by atoms with Crippen LogP contribution < -0.4 is 0 Å². The van der Waals surface area contributed by atoms with Crippen molar-refractivity contribution in [1.82, 2.24) is 9.80 Å². The molecular weight excluding hydrogens is 285 g/mol. The highest BCUT2D eigenvalue weighted by molar-refractivity contribution is 4.75. The first kappa shape index (κ1) is 18.7. The molecule has 0 spiro atoms. The van der Waals surface area contributed by atoms with Gasteiger partial charge in [-0.15, -0.1) is 0 Å². The summed E-state index contributed by atoms with van der Waals surface area (Å²) < 4.78 is 40.4. The van der Waals surface area contributed by atoms with E-state index in [1.807, 2.05) is 11.9 Å². The number of nitrogens with zero attached hydrogens (tertiary/aromatic N) is 2. The minimum absolute atomic E-state index is 0.108. The van der Waals surface area contributed by atoms with Crippen molar-refractivity contribution in [2.75, 3.05) is 53.0 Å². The molecule has 0 radical (unpaired) electrons. The molecule has 1 aliphatic heterocycles. The number of rotatable bonds is 8. The van der Waals surface area contributed by atoms with Crippen molar-refractivity contribution < 1.29 is 23.0 Å². The number of hydrogen-bond donors (Lipinski definition) is 1. The Bertz CT molecular complexity index is 280. The van der Waals surface area contributed by atoms with Crippen LogP contribution in [0.1, 0.15) is 19.8 Å². The van der Waals surface area contributed by atoms with Crippen molar-refractivity contribution >= 4 is 0 Å². The van der Waals surface area contributed by atoms with Crippen LogP contribution in [0.15, 0.2) is 0 Å². The zero-order chi connectivity index (χ0) is 15.9. The van der Waals surface area contributed by atoms with Crippen LogP contribution in [-0.2, 0) is 4.74 Å². The van der Waals surface area contributed by atoms with Crippen LogP contribution in [0.2, 0.25) is 0 Å². The van der Waals surface area contributed by atoms with E-state index < -0.39 is 12.8 Å². The second-order valence-electron chi connectivity index (χ2n) is 6.02. The van der Waals surface area contributed by atoms with Crippen LogP contribution >= 0.6 is 0 Å². The minimum atomic E-state index is -4.24. The number of halogens is 3. The summed E-state index contributed by atoms with van der Waals surface area (Å²) >= 11 is 0. The van der Waals surface area contributed by atoms with Crippen LogP contribution in [0.4, 0.5) is 13.2 Å². The molecule has 0 amide bonds. The van der Waals surface area contributed by atoms with E-state index in [1.54, 1.807) is 6.92 Å². The quantitative estimate of drug-likeness (QED) is 0.691. The van der Waals surface area contributed by atoms with Gasteiger partial charge < -0.3 is 19.6 Å². The molecular formula is C14H27F3N2O2. The van der Waals surface area contributed by atoms with E-state index in [2.05, 4.69) is 9.64 Å². The lowest BCUT2D eigenvalue weighted by Gasteiger charge is -2.34. The second kappa shape index (κ2) is 8.92. The van der Waals surface area contributed by atoms with Crippen molar-refractivity contribution in [3.05, 3.63) is 0 Å². The Morgan fingerprint density at radius 2 is 1.95 bits per heavy atom. The number of hydrogen-bond acceptors (Lipinski definition) is 4. The van der Waals surface area contributed by atoms with Gasteiger partial charge in [0.25, 0.3) is 0 Å². The molecule has 1 fully saturated rings. The largest absolute Gasteiger partial charge is 0.411 e. The summed E-state index contributed by atoms with van der Waals surface area (Å²) in [5, 5.41) is 9.35. The molecule has 1 rings (SSSR count). The lowest BCUT2D eigenvalue weighted by atomic mass is 9.96. The van der Waals surface area contributed by atoms with Crippen LogP contribution in [0.25, 0.3) is 0 Å². The Morgan fingerprint density at radius 1 is 1.33 bits per heavy atom. The van der Waals surface area contributed by atoms with Gasteiger partial charge in [0.05, 0.1) is 12.7 Å². The number of ether oxygens (including phenoxy) is 1. The number of likely N-dealkylation sites (N-methyl/N-ethyl adjacent to an activating group) is 1. The lowest BCUT2D eigenvalue weighted by Crippen LogP contribution is -2.41. The van der Waals surface area contributed by atoms with Crippen molar-refractivity contribution in [2.45, 2.75) is 32.0 Å². The lowest BCUT2D eigenvalue weighted by molar-refractivity contribution is -0.174. The van der Waals surface area contributed by atoms with Crippen molar-refractivity contribution in [3.63, 3.8) is 0 Å². The zero-order valence-electron chi connectivity index (χ0n) is 12.9. The molecule has 21 heavy (non-hydrogen) atoms. The molecule has 0 bridgehead atoms. The van der Waals surface area contributed by atoms with Crippen LogP contribution in [-0.4, -0.2) is 80.2 Å². The van der Waals surface area contributed by atoms with E-state index in [0.29, 0.717) is 19.0 Å². The fourth-order valence-corrected chi connectivity index (χ4v) is 2.67. The standard InChI is InChI=1S/C14H27F3N2O2/c1-12(20)9-19-5-3-13(4-6-19)10-18(2)7-8-21-11-14(15,16)17/h12-13,20H,3-11H2,1-2H3/t12-/m1/s1. The summed E-state index contributed by atoms with van der Waals surface area (Å²) in [4.78, 5) is 4.29. The summed E-state index contributed by atoms with van der Waals surface area (Å²) in [6.07, 6.45) is -2.40. The first-order chi connectivity index (χ1) is 9.76. The summed E-state index contributed by atoms with van der Waals surface area (Å²) in [5.41, 5.74) is 0. The summed E-state index contributed by atoms with van der Waals surface area (Å²) in [5.74, 6) is 0.572. The van der Waals surface area contributed by atoms with Crippen molar-refractivity contribution in [1.29, 1.82) is 0 Å². The smallest absolute Gasteiger partial charge is 0.392 e. The van der Waals surface area contributed by atoms with Gasteiger partial charge in [-0.3, -0.25) is 0 Å².